The first kappa shape index (κ1) is 31.3. The molecule has 4 heterocycles. The fourth-order valence-electron chi connectivity index (χ4n) is 4.78. The first-order chi connectivity index (χ1) is 21.6. The van der Waals surface area contributed by atoms with Gasteiger partial charge in [0.25, 0.3) is 11.5 Å². The van der Waals surface area contributed by atoms with Gasteiger partial charge in [-0.15, -0.1) is 23.4 Å². The minimum absolute atomic E-state index is 0.108. The Balaban J connectivity index is 1.41. The highest BCUT2D eigenvalue weighted by atomic mass is 32.2. The van der Waals surface area contributed by atoms with Crippen molar-refractivity contribution in [1.29, 1.82) is 0 Å². The van der Waals surface area contributed by atoms with E-state index in [2.05, 4.69) is 42.7 Å². The third-order valence-corrected chi connectivity index (χ3v) is 9.25. The van der Waals surface area contributed by atoms with Gasteiger partial charge in [-0.1, -0.05) is 48.2 Å². The van der Waals surface area contributed by atoms with Crippen LogP contribution < -0.4 is 26.8 Å². The molecule has 0 radical (unpaired) electrons. The summed E-state index contributed by atoms with van der Waals surface area (Å²) in [5.41, 5.74) is 5.28. The van der Waals surface area contributed by atoms with Crippen LogP contribution in [0.2, 0.25) is 0 Å². The Labute approximate surface area is 263 Å². The second kappa shape index (κ2) is 13.2. The first-order valence-electron chi connectivity index (χ1n) is 13.3. The number of aryl methyl sites for hydroxylation is 1. The molecule has 6 N–H and O–H groups in total. The van der Waals surface area contributed by atoms with Crippen molar-refractivity contribution in [2.24, 2.45) is 12.8 Å². The fraction of sp³-hybridized carbons (Fsp3) is 0.269. The van der Waals surface area contributed by atoms with Gasteiger partial charge in [-0.3, -0.25) is 29.2 Å². The number of hydrogen-bond donors (Lipinski definition) is 5. The number of primary amides is 1. The van der Waals surface area contributed by atoms with E-state index >= 15 is 0 Å². The molecule has 1 aromatic carbocycles. The summed E-state index contributed by atoms with van der Waals surface area (Å²) in [7, 11) is 1.65. The van der Waals surface area contributed by atoms with E-state index in [9.17, 15) is 29.1 Å². The topological polar surface area (TPSA) is 234 Å². The molecule has 0 aliphatic carbocycles. The summed E-state index contributed by atoms with van der Waals surface area (Å²) in [6, 6.07) is 4.38. The van der Waals surface area contributed by atoms with Crippen LogP contribution in [0.1, 0.15) is 11.6 Å². The number of carboxylic acid groups (broad SMARTS) is 1. The zero-order valence-electron chi connectivity index (χ0n) is 23.6. The highest BCUT2D eigenvalue weighted by Crippen LogP contribution is 2.42. The van der Waals surface area contributed by atoms with Crippen LogP contribution in [0.15, 0.2) is 70.4 Å². The van der Waals surface area contributed by atoms with E-state index in [1.165, 1.54) is 28.2 Å². The van der Waals surface area contributed by atoms with Crippen LogP contribution in [-0.4, -0.2) is 93.5 Å². The molecule has 1 saturated heterocycles. The maximum Gasteiger partial charge on any atom is 0.352 e. The lowest BCUT2D eigenvalue weighted by atomic mass is 10.00. The number of hydrogen-bond acceptors (Lipinski definition) is 12. The SMILES string of the molecule is C=CCNc1ncc(N(C(N)=O)C(C(=O)NC2C(=O)N3C(C(=O)O)=C(CSc4nnnn4C)CS[C@@H]23)c2ccccc2)c(=O)[nH]1. The standard InChI is InChI=1S/C26H27N11O6S2/c1-3-9-28-25-29-10-15(19(38)31-25)36(24(27)43)17(13-7-5-4-6-8-13)20(39)30-16-21(40)37-18(23(41)42)14(11-44-22(16)37)12-45-26-32-33-34-35(26)2/h3-8,10,16-17,22H,1,9,11-12H2,2H3,(H2,27,43)(H,30,39)(H,41,42)(H2,28,29,31,38)/t16?,17?,22-/m0/s1. The van der Waals surface area contributed by atoms with Crippen molar-refractivity contribution >= 4 is 59.0 Å². The molecule has 1 fully saturated rings. The van der Waals surface area contributed by atoms with Crippen molar-refractivity contribution in [2.45, 2.75) is 22.6 Å². The molecule has 2 aliphatic rings. The number of nitrogens with zero attached hydrogens (tertiary/aromatic N) is 7. The molecule has 0 saturated carbocycles. The predicted octanol–water partition coefficient (Wildman–Crippen LogP) is 0.0486. The summed E-state index contributed by atoms with van der Waals surface area (Å²) in [4.78, 5) is 73.9. The molecule has 4 amide bonds. The van der Waals surface area contributed by atoms with Crippen molar-refractivity contribution in [3.05, 3.63) is 76.4 Å². The first-order valence-corrected chi connectivity index (χ1v) is 15.3. The number of rotatable bonds is 12. The number of amides is 4. The second-order valence-electron chi connectivity index (χ2n) is 9.66. The van der Waals surface area contributed by atoms with Gasteiger partial charge in [0.05, 0.1) is 6.20 Å². The third-order valence-electron chi connectivity index (χ3n) is 6.82. The molecular formula is C26H27N11O6S2. The van der Waals surface area contributed by atoms with Crippen molar-refractivity contribution in [2.75, 3.05) is 28.3 Å². The Morgan fingerprint density at radius 1 is 1.31 bits per heavy atom. The number of carbonyl (C=O) groups is 4. The number of urea groups is 1. The Bertz CT molecular complexity index is 1740. The number of fused-ring (bicyclic) bond motifs is 1. The van der Waals surface area contributed by atoms with Crippen molar-refractivity contribution in [3.63, 3.8) is 0 Å². The minimum atomic E-state index is -1.48. The van der Waals surface area contributed by atoms with Crippen molar-refractivity contribution in [1.82, 2.24) is 40.4 Å². The van der Waals surface area contributed by atoms with Gasteiger partial charge in [-0.05, 0) is 21.6 Å². The fourth-order valence-corrected chi connectivity index (χ4v) is 7.11. The highest BCUT2D eigenvalue weighted by Gasteiger charge is 2.54. The summed E-state index contributed by atoms with van der Waals surface area (Å²) in [5.74, 6) is -2.14. The van der Waals surface area contributed by atoms with Crippen LogP contribution in [0.4, 0.5) is 16.4 Å². The number of anilines is 2. The Morgan fingerprint density at radius 2 is 2.07 bits per heavy atom. The number of aliphatic carboxylic acids is 1. The number of aromatic nitrogens is 6. The van der Waals surface area contributed by atoms with Gasteiger partial charge in [0.15, 0.2) is 0 Å². The van der Waals surface area contributed by atoms with Gasteiger partial charge in [0.2, 0.25) is 17.0 Å². The van der Waals surface area contributed by atoms with Gasteiger partial charge < -0.3 is 21.5 Å². The molecule has 234 valence electrons. The lowest BCUT2D eigenvalue weighted by Gasteiger charge is -2.49. The molecule has 0 spiro atoms. The van der Waals surface area contributed by atoms with Crippen LogP contribution in [0, 0.1) is 0 Å². The average molecular weight is 654 g/mol. The Morgan fingerprint density at radius 3 is 2.69 bits per heavy atom. The number of β-lactam (4-membered cyclic amide) rings is 1. The molecule has 3 aromatic rings. The molecule has 2 aliphatic heterocycles. The van der Waals surface area contributed by atoms with Crippen LogP contribution in [-0.2, 0) is 21.4 Å². The summed E-state index contributed by atoms with van der Waals surface area (Å²) in [6.07, 6.45) is 2.66. The average Bonchev–Trinajstić information content (AvgIpc) is 3.44. The van der Waals surface area contributed by atoms with Gasteiger partial charge >= 0.3 is 12.0 Å². The summed E-state index contributed by atoms with van der Waals surface area (Å²) < 4.78 is 1.45. The zero-order valence-corrected chi connectivity index (χ0v) is 25.2. The molecular weight excluding hydrogens is 626 g/mol. The number of benzene rings is 1. The smallest absolute Gasteiger partial charge is 0.352 e. The van der Waals surface area contributed by atoms with Gasteiger partial charge in [-0.25, -0.2) is 19.3 Å². The summed E-state index contributed by atoms with van der Waals surface area (Å²) in [5, 5.41) is 26.4. The predicted molar refractivity (Wildman–Crippen MR) is 164 cm³/mol. The third kappa shape index (κ3) is 6.25. The van der Waals surface area contributed by atoms with E-state index in [0.717, 1.165) is 16.0 Å². The number of aromatic amines is 1. The Hall–Kier alpha value is -5.17. The van der Waals surface area contributed by atoms with Crippen LogP contribution >= 0.6 is 23.5 Å². The zero-order chi connectivity index (χ0) is 32.2. The van der Waals surface area contributed by atoms with Crippen molar-refractivity contribution < 1.29 is 24.3 Å². The molecule has 2 aromatic heterocycles. The van der Waals surface area contributed by atoms with E-state index < -0.39 is 46.8 Å². The molecule has 45 heavy (non-hydrogen) atoms. The number of carbonyl (C=O) groups excluding carboxylic acids is 3. The minimum Gasteiger partial charge on any atom is -0.477 e. The number of tetrazole rings is 1. The van der Waals surface area contributed by atoms with Crippen LogP contribution in [0.3, 0.4) is 0 Å². The summed E-state index contributed by atoms with van der Waals surface area (Å²) in [6.45, 7) is 3.89. The van der Waals surface area contributed by atoms with Crippen LogP contribution in [0.5, 0.6) is 0 Å². The van der Waals surface area contributed by atoms with Crippen molar-refractivity contribution in [3.8, 4) is 0 Å². The summed E-state index contributed by atoms with van der Waals surface area (Å²) >= 11 is 2.51. The van der Waals surface area contributed by atoms with E-state index in [4.69, 9.17) is 5.73 Å². The van der Waals surface area contributed by atoms with E-state index in [1.807, 2.05) is 0 Å². The normalized spacial score (nSPS) is 18.0. The molecule has 19 heteroatoms. The van der Waals surface area contributed by atoms with E-state index in [0.29, 0.717) is 22.8 Å². The molecule has 17 nitrogen and oxygen atoms in total. The van der Waals surface area contributed by atoms with Gasteiger partial charge in [0, 0.05) is 25.1 Å². The monoisotopic (exact) mass is 653 g/mol. The molecule has 2 unspecified atom stereocenters. The van der Waals surface area contributed by atoms with E-state index in [-0.39, 0.29) is 28.8 Å². The lowest BCUT2D eigenvalue weighted by Crippen LogP contribution is -2.71. The quantitative estimate of drug-likeness (QED) is 0.0989. The lowest BCUT2D eigenvalue weighted by molar-refractivity contribution is -0.150. The molecule has 3 atom stereocenters. The number of H-pyrrole nitrogens is 1. The second-order valence-corrected chi connectivity index (χ2v) is 11.7. The molecule has 0 bridgehead atoms. The number of carboxylic acids is 1. The number of nitrogens with two attached hydrogens (primary N) is 1. The highest BCUT2D eigenvalue weighted by molar-refractivity contribution is 8.01. The van der Waals surface area contributed by atoms with E-state index in [1.54, 1.807) is 43.5 Å². The maximum absolute atomic E-state index is 13.9. The Kier molecular flexibility index (Phi) is 9.18. The molecule has 5 rings (SSSR count). The van der Waals surface area contributed by atoms with Crippen LogP contribution in [0.25, 0.3) is 0 Å². The number of thioether (sulfide) groups is 2. The van der Waals surface area contributed by atoms with Gasteiger partial charge in [-0.2, -0.15) is 0 Å². The van der Waals surface area contributed by atoms with Gasteiger partial charge in [0.1, 0.15) is 28.8 Å². The number of nitrogens with one attached hydrogen (secondary N) is 3. The largest absolute Gasteiger partial charge is 0.477 e. The maximum atomic E-state index is 13.9.